The van der Waals surface area contributed by atoms with Gasteiger partial charge in [0.05, 0.1) is 12.3 Å². The summed E-state index contributed by atoms with van der Waals surface area (Å²) in [6, 6.07) is 8.68. The Balaban J connectivity index is 2.08. The van der Waals surface area contributed by atoms with Crippen LogP contribution in [0.2, 0.25) is 0 Å². The molecule has 0 saturated heterocycles. The van der Waals surface area contributed by atoms with Gasteiger partial charge in [0.25, 0.3) is 0 Å². The number of nitrogens with zero attached hydrogens (tertiary/aromatic N) is 2. The zero-order valence-electron chi connectivity index (χ0n) is 12.6. The Morgan fingerprint density at radius 2 is 1.85 bits per heavy atom. The number of ether oxygens (including phenoxy) is 1. The summed E-state index contributed by atoms with van der Waals surface area (Å²) in [4.78, 5) is 4.67. The predicted octanol–water partition coefficient (Wildman–Crippen LogP) is 3.75. The third kappa shape index (κ3) is 3.64. The average molecular weight is 290 g/mol. The Hall–Kier alpha value is -1.26. The molecule has 1 aromatic carbocycles. The second-order valence-corrected chi connectivity index (χ2v) is 5.93. The summed E-state index contributed by atoms with van der Waals surface area (Å²) in [5.41, 5.74) is 4.96. The van der Waals surface area contributed by atoms with E-state index in [4.69, 9.17) is 4.74 Å². The lowest BCUT2D eigenvalue weighted by Gasteiger charge is -2.09. The normalized spacial score (nSPS) is 11.0. The molecule has 2 aromatic rings. The summed E-state index contributed by atoms with van der Waals surface area (Å²) in [6.07, 6.45) is 0. The maximum atomic E-state index is 5.18. The van der Waals surface area contributed by atoms with Gasteiger partial charge in [0.2, 0.25) is 0 Å². The number of rotatable bonds is 6. The Kier molecular flexibility index (Phi) is 5.26. The van der Waals surface area contributed by atoms with Crippen LogP contribution in [-0.2, 0) is 17.0 Å². The van der Waals surface area contributed by atoms with E-state index in [1.165, 1.54) is 16.8 Å². The van der Waals surface area contributed by atoms with E-state index in [0.717, 1.165) is 23.1 Å². The minimum absolute atomic E-state index is 0.717. The molecule has 0 fully saturated rings. The van der Waals surface area contributed by atoms with Crippen LogP contribution in [0.25, 0.3) is 0 Å². The summed E-state index contributed by atoms with van der Waals surface area (Å²) >= 11 is 1.79. The van der Waals surface area contributed by atoms with Gasteiger partial charge in [-0.25, -0.2) is 4.98 Å². The van der Waals surface area contributed by atoms with Crippen molar-refractivity contribution >= 4 is 11.8 Å². The van der Waals surface area contributed by atoms with Gasteiger partial charge in [-0.3, -0.25) is 0 Å². The van der Waals surface area contributed by atoms with Crippen LogP contribution in [0, 0.1) is 20.8 Å². The molecule has 0 aliphatic heterocycles. The molecule has 1 heterocycles. The lowest BCUT2D eigenvalue weighted by molar-refractivity contribution is 0.184. The molecule has 108 valence electrons. The van der Waals surface area contributed by atoms with E-state index < -0.39 is 0 Å². The van der Waals surface area contributed by atoms with Crippen molar-refractivity contribution in [2.24, 2.45) is 0 Å². The molecule has 3 nitrogen and oxygen atoms in total. The van der Waals surface area contributed by atoms with Crippen LogP contribution >= 0.6 is 11.8 Å². The number of aromatic nitrogens is 2. The van der Waals surface area contributed by atoms with Gasteiger partial charge in [-0.05, 0) is 26.3 Å². The Bertz CT molecular complexity index is 561. The van der Waals surface area contributed by atoms with E-state index in [2.05, 4.69) is 54.6 Å². The van der Waals surface area contributed by atoms with Crippen LogP contribution in [0.3, 0.4) is 0 Å². The molecule has 2 rings (SSSR count). The Labute approximate surface area is 125 Å². The highest BCUT2D eigenvalue weighted by Crippen LogP contribution is 2.24. The third-order valence-electron chi connectivity index (χ3n) is 3.43. The fourth-order valence-corrected chi connectivity index (χ4v) is 3.09. The molecule has 0 N–H and O–H groups in total. The predicted molar refractivity (Wildman–Crippen MR) is 84.3 cm³/mol. The highest BCUT2D eigenvalue weighted by molar-refractivity contribution is 7.98. The number of thioether (sulfide) groups is 1. The molecule has 0 unspecified atom stereocenters. The van der Waals surface area contributed by atoms with Crippen LogP contribution < -0.4 is 0 Å². The number of aryl methyl sites for hydroxylation is 2. The monoisotopic (exact) mass is 290 g/mol. The molecule has 0 aliphatic rings. The lowest BCUT2D eigenvalue weighted by Crippen LogP contribution is -2.07. The first kappa shape index (κ1) is 15.1. The molecule has 0 radical (unpaired) electrons. The van der Waals surface area contributed by atoms with Crippen molar-refractivity contribution in [1.82, 2.24) is 9.55 Å². The van der Waals surface area contributed by atoms with E-state index in [9.17, 15) is 0 Å². The van der Waals surface area contributed by atoms with E-state index >= 15 is 0 Å². The molecule has 0 spiro atoms. The topological polar surface area (TPSA) is 27.1 Å². The van der Waals surface area contributed by atoms with Crippen molar-refractivity contribution in [1.29, 1.82) is 0 Å². The van der Waals surface area contributed by atoms with E-state index in [1.54, 1.807) is 18.9 Å². The summed E-state index contributed by atoms with van der Waals surface area (Å²) in [5, 5.41) is 1.08. The molecule has 0 aliphatic carbocycles. The highest BCUT2D eigenvalue weighted by atomic mass is 32.2. The molecule has 0 bridgehead atoms. The SMILES string of the molecule is COCCn1c(SCc2ccc(C)cc2)nc(C)c1C. The van der Waals surface area contributed by atoms with Gasteiger partial charge in [0.1, 0.15) is 0 Å². The standard InChI is InChI=1S/C16H22N2OS/c1-12-5-7-15(8-6-12)11-20-16-17-13(2)14(3)18(16)9-10-19-4/h5-8H,9-11H2,1-4H3. The minimum Gasteiger partial charge on any atom is -0.383 e. The molecule has 4 heteroatoms. The summed E-state index contributed by atoms with van der Waals surface area (Å²) in [6.45, 7) is 7.87. The van der Waals surface area contributed by atoms with Crippen molar-refractivity contribution in [3.05, 3.63) is 46.8 Å². The molecule has 0 atom stereocenters. The van der Waals surface area contributed by atoms with Crippen LogP contribution in [0.15, 0.2) is 29.4 Å². The van der Waals surface area contributed by atoms with Crippen LogP contribution in [0.5, 0.6) is 0 Å². The fraction of sp³-hybridized carbons (Fsp3) is 0.438. The quantitative estimate of drug-likeness (QED) is 0.758. The van der Waals surface area contributed by atoms with E-state index in [1.807, 2.05) is 0 Å². The van der Waals surface area contributed by atoms with Gasteiger partial charge in [-0.15, -0.1) is 0 Å². The second-order valence-electron chi connectivity index (χ2n) is 4.98. The number of hydrogen-bond donors (Lipinski definition) is 0. The first-order valence-electron chi connectivity index (χ1n) is 6.83. The zero-order chi connectivity index (χ0) is 14.5. The zero-order valence-corrected chi connectivity index (χ0v) is 13.5. The van der Waals surface area contributed by atoms with Gasteiger partial charge in [-0.2, -0.15) is 0 Å². The molecular formula is C16H22N2OS. The third-order valence-corrected chi connectivity index (χ3v) is 4.48. The van der Waals surface area contributed by atoms with E-state index in [-0.39, 0.29) is 0 Å². The van der Waals surface area contributed by atoms with Crippen LogP contribution in [-0.4, -0.2) is 23.3 Å². The molecular weight excluding hydrogens is 268 g/mol. The van der Waals surface area contributed by atoms with Crippen molar-refractivity contribution in [2.75, 3.05) is 13.7 Å². The van der Waals surface area contributed by atoms with Crippen LogP contribution in [0.4, 0.5) is 0 Å². The first-order valence-corrected chi connectivity index (χ1v) is 7.81. The number of methoxy groups -OCH3 is 1. The summed E-state index contributed by atoms with van der Waals surface area (Å²) in [5.74, 6) is 0.948. The maximum Gasteiger partial charge on any atom is 0.168 e. The van der Waals surface area contributed by atoms with Gasteiger partial charge in [-0.1, -0.05) is 41.6 Å². The van der Waals surface area contributed by atoms with Crippen molar-refractivity contribution in [2.45, 2.75) is 38.2 Å². The van der Waals surface area contributed by atoms with Crippen molar-refractivity contribution in [3.8, 4) is 0 Å². The smallest absolute Gasteiger partial charge is 0.168 e. The van der Waals surface area contributed by atoms with E-state index in [0.29, 0.717) is 6.61 Å². The molecule has 0 saturated carbocycles. The van der Waals surface area contributed by atoms with Gasteiger partial charge >= 0.3 is 0 Å². The van der Waals surface area contributed by atoms with Crippen LogP contribution in [0.1, 0.15) is 22.5 Å². The first-order chi connectivity index (χ1) is 9.61. The maximum absolute atomic E-state index is 5.18. The molecule has 20 heavy (non-hydrogen) atoms. The lowest BCUT2D eigenvalue weighted by atomic mass is 10.2. The molecule has 0 amide bonds. The second kappa shape index (κ2) is 6.95. The fourth-order valence-electron chi connectivity index (χ4n) is 2.01. The molecule has 1 aromatic heterocycles. The van der Waals surface area contributed by atoms with Gasteiger partial charge in [0, 0.05) is 25.1 Å². The minimum atomic E-state index is 0.717. The highest BCUT2D eigenvalue weighted by Gasteiger charge is 2.11. The average Bonchev–Trinajstić information content (AvgIpc) is 2.71. The Morgan fingerprint density at radius 1 is 1.15 bits per heavy atom. The van der Waals surface area contributed by atoms with Crippen molar-refractivity contribution < 1.29 is 4.74 Å². The van der Waals surface area contributed by atoms with Gasteiger partial charge < -0.3 is 9.30 Å². The largest absolute Gasteiger partial charge is 0.383 e. The number of imidazole rings is 1. The summed E-state index contributed by atoms with van der Waals surface area (Å²) in [7, 11) is 1.73. The van der Waals surface area contributed by atoms with Crippen molar-refractivity contribution in [3.63, 3.8) is 0 Å². The number of hydrogen-bond acceptors (Lipinski definition) is 3. The van der Waals surface area contributed by atoms with Gasteiger partial charge in [0.15, 0.2) is 5.16 Å². The Morgan fingerprint density at radius 3 is 2.50 bits per heavy atom. The number of benzene rings is 1. The summed E-state index contributed by atoms with van der Waals surface area (Å²) < 4.78 is 7.43.